The van der Waals surface area contributed by atoms with Gasteiger partial charge in [0.1, 0.15) is 0 Å². The Bertz CT molecular complexity index is 295. The number of hydrogen-bond donors (Lipinski definition) is 1. The molecule has 0 amide bonds. The van der Waals surface area contributed by atoms with Crippen LogP contribution in [0.5, 0.6) is 0 Å². The molecule has 76 valence electrons. The van der Waals surface area contributed by atoms with E-state index in [1.165, 1.54) is 19.3 Å². The summed E-state index contributed by atoms with van der Waals surface area (Å²) in [6, 6.07) is 0. The molecule has 0 spiro atoms. The van der Waals surface area contributed by atoms with Crippen LogP contribution in [0.25, 0.3) is 0 Å². The smallest absolute Gasteiger partial charge is 0.303 e. The Morgan fingerprint density at radius 2 is 2.21 bits per heavy atom. The minimum Gasteiger partial charge on any atom is -0.481 e. The number of carbonyl (C=O) groups is 1. The zero-order valence-corrected chi connectivity index (χ0v) is 8.23. The number of allylic oxidation sites excluding steroid dienone is 2. The average Bonchev–Trinajstić information content (AvgIpc) is 2.68. The summed E-state index contributed by atoms with van der Waals surface area (Å²) in [4.78, 5) is 10.7. The number of carboxylic acids is 1. The first-order chi connectivity index (χ1) is 6.75. The van der Waals surface area contributed by atoms with Crippen LogP contribution in [0, 0.1) is 29.6 Å². The summed E-state index contributed by atoms with van der Waals surface area (Å²) in [7, 11) is 0. The lowest BCUT2D eigenvalue weighted by Crippen LogP contribution is -2.25. The number of rotatable bonds is 2. The summed E-state index contributed by atoms with van der Waals surface area (Å²) in [6.45, 7) is 0. The molecule has 2 saturated carbocycles. The van der Waals surface area contributed by atoms with Gasteiger partial charge in [-0.05, 0) is 48.9 Å². The van der Waals surface area contributed by atoms with Gasteiger partial charge in [-0.2, -0.15) is 0 Å². The SMILES string of the molecule is O=C(O)C[C@@H]1C[C@H]2C[C@@H]1[C@@H]1C=CC[C@H]21. The Labute approximate surface area is 84.0 Å². The van der Waals surface area contributed by atoms with Crippen molar-refractivity contribution in [1.29, 1.82) is 0 Å². The average molecular weight is 192 g/mol. The molecule has 0 aromatic rings. The van der Waals surface area contributed by atoms with Crippen LogP contribution >= 0.6 is 0 Å². The fraction of sp³-hybridized carbons (Fsp3) is 0.750. The van der Waals surface area contributed by atoms with E-state index in [9.17, 15) is 4.79 Å². The van der Waals surface area contributed by atoms with Crippen LogP contribution in [-0.2, 0) is 4.79 Å². The maximum absolute atomic E-state index is 10.7. The number of fused-ring (bicyclic) bond motifs is 5. The first-order valence-electron chi connectivity index (χ1n) is 5.64. The lowest BCUT2D eigenvalue weighted by Gasteiger charge is -2.30. The van der Waals surface area contributed by atoms with E-state index in [2.05, 4.69) is 12.2 Å². The van der Waals surface area contributed by atoms with Crippen molar-refractivity contribution in [3.63, 3.8) is 0 Å². The molecule has 0 unspecified atom stereocenters. The third-order valence-corrected chi connectivity index (χ3v) is 4.58. The molecule has 3 aliphatic rings. The molecule has 2 bridgehead atoms. The summed E-state index contributed by atoms with van der Waals surface area (Å²) >= 11 is 0. The predicted molar refractivity (Wildman–Crippen MR) is 52.7 cm³/mol. The second-order valence-electron chi connectivity index (χ2n) is 5.16. The molecule has 0 aromatic carbocycles. The molecule has 14 heavy (non-hydrogen) atoms. The van der Waals surface area contributed by atoms with Crippen molar-refractivity contribution in [1.82, 2.24) is 0 Å². The van der Waals surface area contributed by atoms with Gasteiger partial charge in [0.15, 0.2) is 0 Å². The first kappa shape index (κ1) is 8.51. The van der Waals surface area contributed by atoms with Gasteiger partial charge >= 0.3 is 5.97 Å². The highest BCUT2D eigenvalue weighted by atomic mass is 16.4. The van der Waals surface area contributed by atoms with Gasteiger partial charge in [-0.1, -0.05) is 12.2 Å². The Morgan fingerprint density at radius 3 is 3.00 bits per heavy atom. The molecular formula is C12H16O2. The molecule has 2 fully saturated rings. The molecule has 0 aliphatic heterocycles. The third-order valence-electron chi connectivity index (χ3n) is 4.58. The minimum absolute atomic E-state index is 0.401. The van der Waals surface area contributed by atoms with Crippen molar-refractivity contribution < 1.29 is 9.90 Å². The van der Waals surface area contributed by atoms with E-state index in [0.717, 1.165) is 17.8 Å². The van der Waals surface area contributed by atoms with Gasteiger partial charge in [-0.15, -0.1) is 0 Å². The van der Waals surface area contributed by atoms with Crippen LogP contribution in [-0.4, -0.2) is 11.1 Å². The molecule has 3 rings (SSSR count). The lowest BCUT2D eigenvalue weighted by molar-refractivity contribution is -0.138. The van der Waals surface area contributed by atoms with Crippen LogP contribution in [0.3, 0.4) is 0 Å². The van der Waals surface area contributed by atoms with Gasteiger partial charge in [0.25, 0.3) is 0 Å². The zero-order chi connectivity index (χ0) is 9.71. The molecule has 0 heterocycles. The molecule has 2 heteroatoms. The number of hydrogen-bond acceptors (Lipinski definition) is 1. The molecule has 1 N–H and O–H groups in total. The molecule has 0 aromatic heterocycles. The Hall–Kier alpha value is -0.790. The third kappa shape index (κ3) is 1.06. The van der Waals surface area contributed by atoms with Crippen LogP contribution in [0.15, 0.2) is 12.2 Å². The van der Waals surface area contributed by atoms with Crippen molar-refractivity contribution in [2.45, 2.75) is 25.7 Å². The van der Waals surface area contributed by atoms with Crippen molar-refractivity contribution >= 4 is 5.97 Å². The second kappa shape index (κ2) is 2.85. The Kier molecular flexibility index (Phi) is 1.73. The van der Waals surface area contributed by atoms with Gasteiger partial charge in [-0.3, -0.25) is 4.79 Å². The van der Waals surface area contributed by atoms with Crippen LogP contribution < -0.4 is 0 Å². The van der Waals surface area contributed by atoms with Crippen LogP contribution in [0.2, 0.25) is 0 Å². The standard InChI is InChI=1S/C12H16O2/c13-12(14)6-8-4-7-5-11(8)10-3-1-2-9(7)10/h1,3,7-11H,2,4-6H2,(H,13,14)/t7-,8-,9+,10+,11-/m0/s1. The number of carboxylic acid groups (broad SMARTS) is 1. The van der Waals surface area contributed by atoms with Gasteiger partial charge in [0.05, 0.1) is 0 Å². The number of aliphatic carboxylic acids is 1. The van der Waals surface area contributed by atoms with E-state index >= 15 is 0 Å². The summed E-state index contributed by atoms with van der Waals surface area (Å²) in [5.74, 6) is 3.01. The molecular weight excluding hydrogens is 176 g/mol. The summed E-state index contributed by atoms with van der Waals surface area (Å²) in [5.41, 5.74) is 0. The Morgan fingerprint density at radius 1 is 1.36 bits per heavy atom. The first-order valence-corrected chi connectivity index (χ1v) is 5.64. The molecule has 3 aliphatic carbocycles. The minimum atomic E-state index is -0.610. The van der Waals surface area contributed by atoms with Crippen molar-refractivity contribution in [2.75, 3.05) is 0 Å². The molecule has 5 atom stereocenters. The summed E-state index contributed by atoms with van der Waals surface area (Å²) < 4.78 is 0. The quantitative estimate of drug-likeness (QED) is 0.682. The van der Waals surface area contributed by atoms with E-state index in [1.807, 2.05) is 0 Å². The maximum atomic E-state index is 10.7. The van der Waals surface area contributed by atoms with Gasteiger partial charge < -0.3 is 5.11 Å². The fourth-order valence-electron chi connectivity index (χ4n) is 4.14. The molecule has 0 saturated heterocycles. The van der Waals surface area contributed by atoms with Gasteiger partial charge in [0, 0.05) is 6.42 Å². The van der Waals surface area contributed by atoms with E-state index in [0.29, 0.717) is 18.3 Å². The summed E-state index contributed by atoms with van der Waals surface area (Å²) in [6.07, 6.45) is 8.79. The summed E-state index contributed by atoms with van der Waals surface area (Å²) in [5, 5.41) is 8.82. The van der Waals surface area contributed by atoms with E-state index in [-0.39, 0.29) is 0 Å². The van der Waals surface area contributed by atoms with Gasteiger partial charge in [-0.25, -0.2) is 0 Å². The highest BCUT2D eigenvalue weighted by molar-refractivity contribution is 5.67. The van der Waals surface area contributed by atoms with Crippen molar-refractivity contribution in [3.05, 3.63) is 12.2 Å². The topological polar surface area (TPSA) is 37.3 Å². The largest absolute Gasteiger partial charge is 0.481 e. The van der Waals surface area contributed by atoms with Crippen molar-refractivity contribution in [2.24, 2.45) is 29.6 Å². The fourth-order valence-corrected chi connectivity index (χ4v) is 4.14. The molecule has 2 nitrogen and oxygen atoms in total. The lowest BCUT2D eigenvalue weighted by atomic mass is 9.74. The second-order valence-corrected chi connectivity index (χ2v) is 5.16. The van der Waals surface area contributed by atoms with E-state index in [4.69, 9.17) is 5.11 Å². The normalized spacial score (nSPS) is 48.4. The maximum Gasteiger partial charge on any atom is 0.303 e. The monoisotopic (exact) mass is 192 g/mol. The van der Waals surface area contributed by atoms with E-state index < -0.39 is 5.97 Å². The predicted octanol–water partition coefficient (Wildman–Crippen LogP) is 2.31. The highest BCUT2D eigenvalue weighted by Crippen LogP contribution is 2.59. The van der Waals surface area contributed by atoms with Crippen molar-refractivity contribution in [3.8, 4) is 0 Å². The van der Waals surface area contributed by atoms with E-state index in [1.54, 1.807) is 0 Å². The molecule has 0 radical (unpaired) electrons. The van der Waals surface area contributed by atoms with Gasteiger partial charge in [0.2, 0.25) is 0 Å². The zero-order valence-electron chi connectivity index (χ0n) is 8.23. The van der Waals surface area contributed by atoms with Crippen LogP contribution in [0.1, 0.15) is 25.7 Å². The van der Waals surface area contributed by atoms with Crippen LogP contribution in [0.4, 0.5) is 0 Å². The Balaban J connectivity index is 1.76. The highest BCUT2D eigenvalue weighted by Gasteiger charge is 2.52.